The van der Waals surface area contributed by atoms with Gasteiger partial charge in [-0.2, -0.15) is 4.73 Å². The monoisotopic (exact) mass is 364 g/mol. The Morgan fingerprint density at radius 3 is 2.55 bits per heavy atom. The number of amides is 1. The molecule has 0 saturated carbocycles. The van der Waals surface area contributed by atoms with E-state index in [1.165, 1.54) is 31.3 Å². The van der Waals surface area contributed by atoms with Crippen molar-refractivity contribution in [2.75, 3.05) is 5.32 Å². The summed E-state index contributed by atoms with van der Waals surface area (Å²) in [5, 5.41) is 14.1. The number of benzene rings is 1. The maximum Gasteiger partial charge on any atom is 0.405 e. The molecule has 0 aliphatic heterocycles. The number of aromatic nitrogens is 1. The average Bonchev–Trinajstić information content (AvgIpc) is 2.49. The molecule has 114 valence electrons. The first-order valence-corrected chi connectivity index (χ1v) is 7.22. The van der Waals surface area contributed by atoms with Crippen LogP contribution < -0.4 is 10.0 Å². The molecule has 1 aromatic heterocycles. The van der Waals surface area contributed by atoms with E-state index in [9.17, 15) is 14.8 Å². The average molecular weight is 365 g/mol. The number of nitrogens with zero attached hydrogens (tertiary/aromatic N) is 1. The first-order chi connectivity index (χ1) is 10.5. The van der Waals surface area contributed by atoms with Crippen LogP contribution >= 0.6 is 15.9 Å². The van der Waals surface area contributed by atoms with Crippen molar-refractivity contribution in [2.24, 2.45) is 0 Å². The van der Waals surface area contributed by atoms with E-state index in [0.717, 1.165) is 4.47 Å². The Hall–Kier alpha value is -2.41. The van der Waals surface area contributed by atoms with E-state index in [1.807, 2.05) is 0 Å². The number of nitrogens with one attached hydrogen (secondary N) is 1. The van der Waals surface area contributed by atoms with Crippen molar-refractivity contribution in [1.82, 2.24) is 0 Å². The molecule has 1 amide bonds. The molecule has 0 saturated heterocycles. The summed E-state index contributed by atoms with van der Waals surface area (Å²) in [7, 11) is 0. The van der Waals surface area contributed by atoms with Gasteiger partial charge in [0.05, 0.1) is 0 Å². The number of esters is 1. The van der Waals surface area contributed by atoms with Crippen LogP contribution in [0.25, 0.3) is 0 Å². The van der Waals surface area contributed by atoms with Crippen LogP contribution in [0.1, 0.15) is 17.4 Å². The minimum absolute atomic E-state index is 0.175. The number of carbonyl (C=O) groups is 2. The molecule has 0 aliphatic carbocycles. The third kappa shape index (κ3) is 4.05. The highest BCUT2D eigenvalue weighted by atomic mass is 79.9. The molecule has 6 nitrogen and oxygen atoms in total. The first kappa shape index (κ1) is 16.0. The summed E-state index contributed by atoms with van der Waals surface area (Å²) in [6.45, 7) is 1.43. The van der Waals surface area contributed by atoms with Gasteiger partial charge in [0.25, 0.3) is 5.91 Å². The van der Waals surface area contributed by atoms with E-state index in [2.05, 4.69) is 21.2 Å². The molecule has 0 radical (unpaired) electrons. The molecule has 0 spiro atoms. The topological polar surface area (TPSA) is 82.3 Å². The maximum atomic E-state index is 12.0. The SMILES string of the molecule is C[C@@H](OC(=O)c1cccc[n+]1[O-])C(=O)Nc1ccc(Br)cc1. The minimum Gasteiger partial charge on any atom is -0.618 e. The standard InChI is InChI=1S/C15H13BrN2O4/c1-10(14(19)17-12-7-5-11(16)6-8-12)22-15(20)13-4-2-3-9-18(13)21/h2-10H,1H3,(H,17,19)/t10-/m1/s1. The lowest BCUT2D eigenvalue weighted by atomic mass is 10.3. The van der Waals surface area contributed by atoms with Crippen LogP contribution in [0, 0.1) is 5.21 Å². The highest BCUT2D eigenvalue weighted by molar-refractivity contribution is 9.10. The zero-order chi connectivity index (χ0) is 16.1. The number of rotatable bonds is 4. The summed E-state index contributed by atoms with van der Waals surface area (Å²) in [5.41, 5.74) is 0.403. The molecule has 1 aromatic carbocycles. The summed E-state index contributed by atoms with van der Waals surface area (Å²) in [5.74, 6) is -1.34. The number of pyridine rings is 1. The predicted octanol–water partition coefficient (Wildman–Crippen LogP) is 2.27. The largest absolute Gasteiger partial charge is 0.618 e. The Balaban J connectivity index is 1.98. The van der Waals surface area contributed by atoms with Gasteiger partial charge in [-0.05, 0) is 37.3 Å². The molecule has 2 rings (SSSR count). The van der Waals surface area contributed by atoms with Crippen LogP contribution in [0.5, 0.6) is 0 Å². The van der Waals surface area contributed by atoms with E-state index in [-0.39, 0.29) is 5.69 Å². The molecular formula is C15H13BrN2O4. The highest BCUT2D eigenvalue weighted by Gasteiger charge is 2.23. The first-order valence-electron chi connectivity index (χ1n) is 6.43. The van der Waals surface area contributed by atoms with Crippen molar-refractivity contribution in [3.8, 4) is 0 Å². The lowest BCUT2D eigenvalue weighted by Crippen LogP contribution is -2.37. The number of halogens is 1. The quantitative estimate of drug-likeness (QED) is 0.512. The smallest absolute Gasteiger partial charge is 0.405 e. The number of hydrogen-bond donors (Lipinski definition) is 1. The lowest BCUT2D eigenvalue weighted by Gasteiger charge is -2.13. The maximum absolute atomic E-state index is 12.0. The number of ether oxygens (including phenoxy) is 1. The van der Waals surface area contributed by atoms with Gasteiger partial charge in [0, 0.05) is 22.3 Å². The number of hydrogen-bond acceptors (Lipinski definition) is 4. The molecule has 2 aromatic rings. The van der Waals surface area contributed by atoms with Crippen molar-refractivity contribution in [1.29, 1.82) is 0 Å². The molecule has 1 heterocycles. The zero-order valence-corrected chi connectivity index (χ0v) is 13.2. The van der Waals surface area contributed by atoms with Gasteiger partial charge in [-0.25, -0.2) is 4.79 Å². The van der Waals surface area contributed by atoms with Crippen LogP contribution in [-0.2, 0) is 9.53 Å². The van der Waals surface area contributed by atoms with Crippen LogP contribution in [0.15, 0.2) is 53.1 Å². The lowest BCUT2D eigenvalue weighted by molar-refractivity contribution is -0.608. The number of carbonyl (C=O) groups excluding carboxylic acids is 2. The van der Waals surface area contributed by atoms with Crippen molar-refractivity contribution in [2.45, 2.75) is 13.0 Å². The van der Waals surface area contributed by atoms with E-state index in [1.54, 1.807) is 24.3 Å². The van der Waals surface area contributed by atoms with Gasteiger partial charge in [0.2, 0.25) is 0 Å². The van der Waals surface area contributed by atoms with Crippen molar-refractivity contribution in [3.63, 3.8) is 0 Å². The van der Waals surface area contributed by atoms with Crippen LogP contribution in [0.2, 0.25) is 0 Å². The van der Waals surface area contributed by atoms with Crippen molar-refractivity contribution < 1.29 is 19.1 Å². The second-order valence-corrected chi connectivity index (χ2v) is 5.37. The van der Waals surface area contributed by atoms with Crippen LogP contribution in [0.3, 0.4) is 0 Å². The highest BCUT2D eigenvalue weighted by Crippen LogP contribution is 2.14. The molecule has 1 atom stereocenters. The van der Waals surface area contributed by atoms with Gasteiger partial charge in [-0.3, -0.25) is 4.79 Å². The van der Waals surface area contributed by atoms with Gasteiger partial charge in [-0.1, -0.05) is 15.9 Å². The zero-order valence-electron chi connectivity index (χ0n) is 11.7. The fourth-order valence-corrected chi connectivity index (χ4v) is 1.90. The third-order valence-corrected chi connectivity index (χ3v) is 3.33. The Bertz CT molecular complexity index is 688. The summed E-state index contributed by atoms with van der Waals surface area (Å²) >= 11 is 3.29. The van der Waals surface area contributed by atoms with E-state index in [4.69, 9.17) is 4.74 Å². The second-order valence-electron chi connectivity index (χ2n) is 4.46. The van der Waals surface area contributed by atoms with E-state index < -0.39 is 18.0 Å². The minimum atomic E-state index is -1.03. The molecule has 7 heteroatoms. The molecule has 0 unspecified atom stereocenters. The summed E-state index contributed by atoms with van der Waals surface area (Å²) < 4.78 is 6.27. The molecule has 1 N–H and O–H groups in total. The molecule has 22 heavy (non-hydrogen) atoms. The molecule has 0 aliphatic rings. The van der Waals surface area contributed by atoms with Crippen molar-refractivity contribution in [3.05, 3.63) is 64.0 Å². The second kappa shape index (κ2) is 7.04. The van der Waals surface area contributed by atoms with Crippen molar-refractivity contribution >= 4 is 33.5 Å². The molecule has 0 fully saturated rings. The Kier molecular flexibility index (Phi) is 5.11. The Morgan fingerprint density at radius 2 is 1.91 bits per heavy atom. The van der Waals surface area contributed by atoms with Gasteiger partial charge in [-0.15, -0.1) is 0 Å². The predicted molar refractivity (Wildman–Crippen MR) is 83.1 cm³/mol. The summed E-state index contributed by atoms with van der Waals surface area (Å²) in [6.07, 6.45) is 0.153. The fraction of sp³-hybridized carbons (Fsp3) is 0.133. The number of anilines is 1. The van der Waals surface area contributed by atoms with Gasteiger partial charge in [0.15, 0.2) is 12.3 Å². The summed E-state index contributed by atoms with van der Waals surface area (Å²) in [4.78, 5) is 23.8. The fourth-order valence-electron chi connectivity index (χ4n) is 1.64. The normalized spacial score (nSPS) is 11.5. The van der Waals surface area contributed by atoms with E-state index in [0.29, 0.717) is 10.4 Å². The van der Waals surface area contributed by atoms with Gasteiger partial charge in [0.1, 0.15) is 0 Å². The van der Waals surface area contributed by atoms with Gasteiger partial charge >= 0.3 is 11.7 Å². The van der Waals surface area contributed by atoms with Gasteiger partial charge < -0.3 is 15.3 Å². The summed E-state index contributed by atoms with van der Waals surface area (Å²) in [6, 6.07) is 11.3. The van der Waals surface area contributed by atoms with Crippen LogP contribution in [0.4, 0.5) is 5.69 Å². The van der Waals surface area contributed by atoms with E-state index >= 15 is 0 Å². The Labute approximate surface area is 135 Å². The van der Waals surface area contributed by atoms with Crippen LogP contribution in [-0.4, -0.2) is 18.0 Å². The Morgan fingerprint density at radius 1 is 1.23 bits per heavy atom. The third-order valence-electron chi connectivity index (χ3n) is 2.80. The molecular weight excluding hydrogens is 352 g/mol. The molecule has 0 bridgehead atoms.